The van der Waals surface area contributed by atoms with Crippen LogP contribution in [0.5, 0.6) is 5.75 Å². The smallest absolute Gasteiger partial charge is 0.403 e. The maximum atomic E-state index is 12.7. The highest BCUT2D eigenvalue weighted by Gasteiger charge is 2.22. The second-order valence-corrected chi connectivity index (χ2v) is 8.78. The highest BCUT2D eigenvalue weighted by Crippen LogP contribution is 2.41. The van der Waals surface area contributed by atoms with Crippen molar-refractivity contribution in [2.45, 2.75) is 32.7 Å². The molecule has 4 N–H and O–H groups in total. The summed E-state index contributed by atoms with van der Waals surface area (Å²) in [5.74, 6) is 5.26. The van der Waals surface area contributed by atoms with E-state index >= 15 is 0 Å². The van der Waals surface area contributed by atoms with Crippen LogP contribution in [0.1, 0.15) is 36.8 Å². The molecule has 0 saturated carbocycles. The number of rotatable bonds is 8. The van der Waals surface area contributed by atoms with E-state index in [-0.39, 0.29) is 23.8 Å². The molecular weight excluding hydrogens is 433 g/mol. The summed E-state index contributed by atoms with van der Waals surface area (Å²) in [5, 5.41) is 5.29. The van der Waals surface area contributed by atoms with E-state index in [1.807, 2.05) is 13.8 Å². The zero-order valence-electron chi connectivity index (χ0n) is 16.3. The van der Waals surface area contributed by atoms with Crippen LogP contribution in [0.2, 0.25) is 0 Å². The second kappa shape index (κ2) is 8.71. The highest BCUT2D eigenvalue weighted by atomic mass is 35.5. The zero-order valence-corrected chi connectivity index (χ0v) is 18.0. The summed E-state index contributed by atoms with van der Waals surface area (Å²) in [6, 6.07) is 6.28. The molecule has 1 atom stereocenters. The van der Waals surface area contributed by atoms with Crippen LogP contribution in [0.4, 0.5) is 0 Å². The van der Waals surface area contributed by atoms with Crippen molar-refractivity contribution in [3.63, 3.8) is 0 Å². The Morgan fingerprint density at radius 1 is 1.40 bits per heavy atom. The molecular formula is C18H21ClN5O5P. The monoisotopic (exact) mass is 453 g/mol. The maximum Gasteiger partial charge on any atom is 0.544 e. The standard InChI is InChI=1S/C18H21ClN5O5P/c1-10(2)16-15-17(24(23-16)9-11(3)19)21-14(22-18(15)25)8-12-4-6-13(7-5-12)28-30(26,27)29-20/h4-7,10H,3,8-9,20H2,1-2H3,(H,26,27)(H,21,22,25). The minimum Gasteiger partial charge on any atom is -0.403 e. The summed E-state index contributed by atoms with van der Waals surface area (Å²) in [6.07, 6.45) is 0.305. The van der Waals surface area contributed by atoms with E-state index in [1.165, 1.54) is 12.1 Å². The number of hydrogen-bond acceptors (Lipinski definition) is 7. The molecule has 0 amide bonds. The third-order valence-corrected chi connectivity index (χ3v) is 5.02. The number of nitrogens with two attached hydrogens (primary N) is 1. The molecule has 0 fully saturated rings. The Bertz CT molecular complexity index is 1190. The summed E-state index contributed by atoms with van der Waals surface area (Å²) < 4.78 is 21.6. The Labute approximate surface area is 176 Å². The molecule has 0 spiro atoms. The third kappa shape index (κ3) is 4.97. The first-order valence-electron chi connectivity index (χ1n) is 8.92. The number of nitrogens with one attached hydrogen (secondary N) is 1. The van der Waals surface area contributed by atoms with Crippen LogP contribution in [0.25, 0.3) is 11.0 Å². The van der Waals surface area contributed by atoms with E-state index in [1.54, 1.807) is 16.8 Å². The number of allylic oxidation sites excluding steroid dienone is 1. The Kier molecular flexibility index (Phi) is 6.44. The molecule has 12 heteroatoms. The van der Waals surface area contributed by atoms with Gasteiger partial charge in [0.25, 0.3) is 5.56 Å². The fraction of sp³-hybridized carbons (Fsp3) is 0.278. The molecule has 160 valence electrons. The summed E-state index contributed by atoms with van der Waals surface area (Å²) in [7, 11) is -4.34. The van der Waals surface area contributed by atoms with Gasteiger partial charge in [0.1, 0.15) is 17.0 Å². The number of aromatic amines is 1. The van der Waals surface area contributed by atoms with Crippen molar-refractivity contribution in [3.8, 4) is 5.75 Å². The molecule has 0 aliphatic heterocycles. The van der Waals surface area contributed by atoms with E-state index in [0.717, 1.165) is 5.56 Å². The van der Waals surface area contributed by atoms with Crippen LogP contribution >= 0.6 is 19.4 Å². The van der Waals surface area contributed by atoms with Gasteiger partial charge in [-0.25, -0.2) is 20.1 Å². The van der Waals surface area contributed by atoms with Gasteiger partial charge in [-0.05, 0) is 23.6 Å². The predicted octanol–water partition coefficient (Wildman–Crippen LogP) is 2.96. The first-order valence-corrected chi connectivity index (χ1v) is 10.8. The number of benzene rings is 1. The quantitative estimate of drug-likeness (QED) is 0.348. The molecule has 3 aromatic rings. The Morgan fingerprint density at radius 2 is 2.07 bits per heavy atom. The van der Waals surface area contributed by atoms with Crippen molar-refractivity contribution in [3.05, 3.63) is 63.3 Å². The molecule has 0 aliphatic carbocycles. The zero-order chi connectivity index (χ0) is 22.1. The highest BCUT2D eigenvalue weighted by molar-refractivity contribution is 7.47. The molecule has 30 heavy (non-hydrogen) atoms. The lowest BCUT2D eigenvalue weighted by atomic mass is 10.1. The molecule has 1 unspecified atom stereocenters. The van der Waals surface area contributed by atoms with Crippen molar-refractivity contribution in [1.29, 1.82) is 0 Å². The molecule has 0 aliphatic rings. The van der Waals surface area contributed by atoms with Crippen molar-refractivity contribution in [2.24, 2.45) is 5.90 Å². The number of phosphoric ester groups is 1. The van der Waals surface area contributed by atoms with Gasteiger partial charge in [-0.2, -0.15) is 9.72 Å². The fourth-order valence-corrected chi connectivity index (χ4v) is 3.47. The predicted molar refractivity (Wildman–Crippen MR) is 112 cm³/mol. The van der Waals surface area contributed by atoms with Crippen LogP contribution in [-0.2, 0) is 22.2 Å². The van der Waals surface area contributed by atoms with Gasteiger partial charge in [0, 0.05) is 11.5 Å². The number of phosphoric acid groups is 1. The van der Waals surface area contributed by atoms with Crippen LogP contribution in [0.15, 0.2) is 40.7 Å². The normalized spacial score (nSPS) is 13.5. The van der Waals surface area contributed by atoms with E-state index in [2.05, 4.69) is 26.3 Å². The molecule has 10 nitrogen and oxygen atoms in total. The molecule has 0 bridgehead atoms. The van der Waals surface area contributed by atoms with Crippen molar-refractivity contribution in [2.75, 3.05) is 0 Å². The fourth-order valence-electron chi connectivity index (χ4n) is 2.93. The van der Waals surface area contributed by atoms with E-state index in [4.69, 9.17) is 22.0 Å². The average molecular weight is 454 g/mol. The SMILES string of the molecule is C=C(Cl)Cn1nc(C(C)C)c2c(=O)[nH]c(Cc3ccc(OP(=O)(O)ON)cc3)nc21. The van der Waals surface area contributed by atoms with Gasteiger partial charge in [-0.3, -0.25) is 9.69 Å². The average Bonchev–Trinajstić information content (AvgIpc) is 3.02. The van der Waals surface area contributed by atoms with Crippen molar-refractivity contribution >= 4 is 30.5 Å². The molecule has 2 aromatic heterocycles. The summed E-state index contributed by atoms with van der Waals surface area (Å²) in [4.78, 5) is 29.4. The number of halogens is 1. The Balaban J connectivity index is 1.94. The molecule has 1 aromatic carbocycles. The van der Waals surface area contributed by atoms with E-state index < -0.39 is 7.82 Å². The van der Waals surface area contributed by atoms with Crippen LogP contribution < -0.4 is 16.0 Å². The summed E-state index contributed by atoms with van der Waals surface area (Å²) >= 11 is 5.95. The van der Waals surface area contributed by atoms with Gasteiger partial charge < -0.3 is 9.51 Å². The lowest BCUT2D eigenvalue weighted by Crippen LogP contribution is -2.14. The number of aromatic nitrogens is 4. The van der Waals surface area contributed by atoms with Crippen LogP contribution in [0.3, 0.4) is 0 Å². The van der Waals surface area contributed by atoms with Crippen LogP contribution in [0, 0.1) is 0 Å². The largest absolute Gasteiger partial charge is 0.544 e. The van der Waals surface area contributed by atoms with Crippen molar-refractivity contribution in [1.82, 2.24) is 19.7 Å². The maximum absolute atomic E-state index is 12.7. The van der Waals surface area contributed by atoms with Gasteiger partial charge in [-0.15, -0.1) is 0 Å². The minimum atomic E-state index is -4.34. The number of fused-ring (bicyclic) bond motifs is 1. The first-order chi connectivity index (χ1) is 14.1. The number of hydrogen-bond donors (Lipinski definition) is 3. The third-order valence-electron chi connectivity index (χ3n) is 4.20. The lowest BCUT2D eigenvalue weighted by molar-refractivity contribution is 0.208. The Hall–Kier alpha value is -2.49. The van der Waals surface area contributed by atoms with Crippen LogP contribution in [-0.4, -0.2) is 24.6 Å². The summed E-state index contributed by atoms with van der Waals surface area (Å²) in [6.45, 7) is 7.81. The molecule has 0 saturated heterocycles. The Morgan fingerprint density at radius 3 is 2.63 bits per heavy atom. The minimum absolute atomic E-state index is 0.0265. The summed E-state index contributed by atoms with van der Waals surface area (Å²) in [5.41, 5.74) is 1.57. The van der Waals surface area contributed by atoms with E-state index in [0.29, 0.717) is 34.0 Å². The first kappa shape index (κ1) is 22.2. The molecule has 0 radical (unpaired) electrons. The molecule has 2 heterocycles. The lowest BCUT2D eigenvalue weighted by Gasteiger charge is -2.10. The van der Waals surface area contributed by atoms with E-state index in [9.17, 15) is 14.3 Å². The molecule has 3 rings (SSSR count). The number of nitrogens with zero attached hydrogens (tertiary/aromatic N) is 3. The number of H-pyrrole nitrogens is 1. The van der Waals surface area contributed by atoms with Gasteiger partial charge >= 0.3 is 7.82 Å². The van der Waals surface area contributed by atoms with Gasteiger partial charge in [-0.1, -0.05) is 44.2 Å². The van der Waals surface area contributed by atoms with Crippen molar-refractivity contribution < 1.29 is 18.6 Å². The van der Waals surface area contributed by atoms with Gasteiger partial charge in [0.05, 0.1) is 12.2 Å². The second-order valence-electron chi connectivity index (χ2n) is 6.91. The van der Waals surface area contributed by atoms with Gasteiger partial charge in [0.2, 0.25) is 0 Å². The topological polar surface area (TPSA) is 145 Å². The van der Waals surface area contributed by atoms with Gasteiger partial charge in [0.15, 0.2) is 5.65 Å².